The van der Waals surface area contributed by atoms with Crippen LogP contribution in [0, 0.1) is 5.41 Å². The molecule has 9 heavy (non-hydrogen) atoms. The molecule has 0 bridgehead atoms. The van der Waals surface area contributed by atoms with Gasteiger partial charge in [-0.1, -0.05) is 34.1 Å². The van der Waals surface area contributed by atoms with Gasteiger partial charge < -0.3 is 5.73 Å². The average molecular weight is 129 g/mol. The van der Waals surface area contributed by atoms with Crippen LogP contribution in [0.1, 0.15) is 40.5 Å². The normalized spacial score (nSPS) is 15.7. The Bertz CT molecular complexity index is 71.1. The van der Waals surface area contributed by atoms with Gasteiger partial charge in [0.1, 0.15) is 0 Å². The van der Waals surface area contributed by atoms with Crippen LogP contribution in [0.15, 0.2) is 0 Å². The standard InChI is InChI=1S/C8H19N/c1-5-6-7(9)8(2,3)4/h7H,5-6,9H2,1-4H3. The molecule has 0 spiro atoms. The highest BCUT2D eigenvalue weighted by Gasteiger charge is 2.18. The van der Waals surface area contributed by atoms with Crippen molar-refractivity contribution in [2.45, 2.75) is 46.6 Å². The van der Waals surface area contributed by atoms with Crippen molar-refractivity contribution in [1.29, 1.82) is 0 Å². The fourth-order valence-electron chi connectivity index (χ4n) is 0.744. The van der Waals surface area contributed by atoms with Gasteiger partial charge in [-0.3, -0.25) is 0 Å². The van der Waals surface area contributed by atoms with Crippen molar-refractivity contribution < 1.29 is 0 Å². The molecular formula is C8H19N. The van der Waals surface area contributed by atoms with Crippen LogP contribution >= 0.6 is 0 Å². The van der Waals surface area contributed by atoms with E-state index in [2.05, 4.69) is 27.7 Å². The minimum atomic E-state index is 0.288. The summed E-state index contributed by atoms with van der Waals surface area (Å²) in [5, 5.41) is 0. The Labute approximate surface area is 58.6 Å². The van der Waals surface area contributed by atoms with Crippen LogP contribution < -0.4 is 5.73 Å². The first-order chi connectivity index (χ1) is 3.98. The van der Waals surface area contributed by atoms with Crippen molar-refractivity contribution in [3.63, 3.8) is 0 Å². The Balaban J connectivity index is 3.59. The second kappa shape index (κ2) is 3.21. The van der Waals surface area contributed by atoms with Gasteiger partial charge in [-0.2, -0.15) is 0 Å². The van der Waals surface area contributed by atoms with E-state index in [-0.39, 0.29) is 5.41 Å². The number of hydrogen-bond acceptors (Lipinski definition) is 1. The molecule has 0 aliphatic rings. The van der Waals surface area contributed by atoms with E-state index < -0.39 is 0 Å². The Morgan fingerprint density at radius 1 is 1.33 bits per heavy atom. The zero-order chi connectivity index (χ0) is 7.49. The van der Waals surface area contributed by atoms with Gasteiger partial charge in [0.2, 0.25) is 0 Å². The summed E-state index contributed by atoms with van der Waals surface area (Å²) in [5.41, 5.74) is 6.15. The Morgan fingerprint density at radius 2 is 1.78 bits per heavy atom. The summed E-state index contributed by atoms with van der Waals surface area (Å²) in [6, 6.07) is 0.363. The molecule has 0 radical (unpaired) electrons. The van der Waals surface area contributed by atoms with Gasteiger partial charge in [-0.15, -0.1) is 0 Å². The van der Waals surface area contributed by atoms with Crippen molar-refractivity contribution in [1.82, 2.24) is 0 Å². The van der Waals surface area contributed by atoms with Gasteiger partial charge in [-0.05, 0) is 11.8 Å². The summed E-state index contributed by atoms with van der Waals surface area (Å²) in [6.45, 7) is 8.74. The SMILES string of the molecule is CCCC(N)C(C)(C)C. The molecular weight excluding hydrogens is 110 g/mol. The average Bonchev–Trinajstić information content (AvgIpc) is 1.64. The lowest BCUT2D eigenvalue weighted by Gasteiger charge is -2.26. The Morgan fingerprint density at radius 3 is 1.89 bits per heavy atom. The van der Waals surface area contributed by atoms with Gasteiger partial charge in [0.15, 0.2) is 0 Å². The Kier molecular flexibility index (Phi) is 3.20. The smallest absolute Gasteiger partial charge is 0.00875 e. The lowest BCUT2D eigenvalue weighted by Crippen LogP contribution is -2.34. The molecule has 1 unspecified atom stereocenters. The third-order valence-corrected chi connectivity index (χ3v) is 1.71. The van der Waals surface area contributed by atoms with Gasteiger partial charge >= 0.3 is 0 Å². The molecule has 0 fully saturated rings. The second-order valence-corrected chi connectivity index (χ2v) is 3.76. The molecule has 1 atom stereocenters. The molecule has 1 heteroatoms. The van der Waals surface area contributed by atoms with Gasteiger partial charge in [0.05, 0.1) is 0 Å². The van der Waals surface area contributed by atoms with E-state index in [0.717, 1.165) is 6.42 Å². The van der Waals surface area contributed by atoms with E-state index in [9.17, 15) is 0 Å². The molecule has 56 valence electrons. The van der Waals surface area contributed by atoms with Crippen molar-refractivity contribution >= 4 is 0 Å². The summed E-state index contributed by atoms with van der Waals surface area (Å²) in [5.74, 6) is 0. The van der Waals surface area contributed by atoms with Crippen LogP contribution in [0.4, 0.5) is 0 Å². The predicted molar refractivity (Wildman–Crippen MR) is 42.3 cm³/mol. The third-order valence-electron chi connectivity index (χ3n) is 1.71. The monoisotopic (exact) mass is 129 g/mol. The maximum Gasteiger partial charge on any atom is 0.00875 e. The molecule has 2 N–H and O–H groups in total. The zero-order valence-electron chi connectivity index (χ0n) is 7.07. The van der Waals surface area contributed by atoms with Crippen LogP contribution in [0.3, 0.4) is 0 Å². The van der Waals surface area contributed by atoms with Gasteiger partial charge in [-0.25, -0.2) is 0 Å². The molecule has 0 rings (SSSR count). The molecule has 0 aromatic rings. The van der Waals surface area contributed by atoms with E-state index in [4.69, 9.17) is 5.73 Å². The van der Waals surface area contributed by atoms with Crippen molar-refractivity contribution in [2.75, 3.05) is 0 Å². The van der Waals surface area contributed by atoms with E-state index >= 15 is 0 Å². The minimum Gasteiger partial charge on any atom is -0.327 e. The van der Waals surface area contributed by atoms with Crippen LogP contribution in [-0.4, -0.2) is 6.04 Å². The Hall–Kier alpha value is -0.0400. The summed E-state index contributed by atoms with van der Waals surface area (Å²) < 4.78 is 0. The van der Waals surface area contributed by atoms with Gasteiger partial charge in [0, 0.05) is 6.04 Å². The molecule has 0 aliphatic carbocycles. The largest absolute Gasteiger partial charge is 0.327 e. The highest BCUT2D eigenvalue weighted by atomic mass is 14.7. The molecule has 0 aliphatic heterocycles. The number of hydrogen-bond donors (Lipinski definition) is 1. The van der Waals surface area contributed by atoms with E-state index in [1.165, 1.54) is 6.42 Å². The number of nitrogens with two attached hydrogens (primary N) is 1. The van der Waals surface area contributed by atoms with Crippen LogP contribution in [-0.2, 0) is 0 Å². The lowest BCUT2D eigenvalue weighted by atomic mass is 9.85. The van der Waals surface area contributed by atoms with Crippen molar-refractivity contribution in [3.05, 3.63) is 0 Å². The topological polar surface area (TPSA) is 26.0 Å². The summed E-state index contributed by atoms with van der Waals surface area (Å²) >= 11 is 0. The molecule has 1 nitrogen and oxygen atoms in total. The maximum absolute atomic E-state index is 5.86. The van der Waals surface area contributed by atoms with Crippen molar-refractivity contribution in [2.24, 2.45) is 11.1 Å². The van der Waals surface area contributed by atoms with Crippen LogP contribution in [0.25, 0.3) is 0 Å². The fraction of sp³-hybridized carbons (Fsp3) is 1.00. The predicted octanol–water partition coefficient (Wildman–Crippen LogP) is 2.16. The molecule has 0 saturated heterocycles. The summed E-state index contributed by atoms with van der Waals surface area (Å²) in [6.07, 6.45) is 2.34. The highest BCUT2D eigenvalue weighted by Crippen LogP contribution is 2.20. The first-order valence-corrected chi connectivity index (χ1v) is 3.74. The van der Waals surface area contributed by atoms with Crippen LogP contribution in [0.5, 0.6) is 0 Å². The van der Waals surface area contributed by atoms with Crippen molar-refractivity contribution in [3.8, 4) is 0 Å². The molecule has 0 heterocycles. The first-order valence-electron chi connectivity index (χ1n) is 3.74. The minimum absolute atomic E-state index is 0.288. The second-order valence-electron chi connectivity index (χ2n) is 3.76. The molecule has 0 amide bonds. The quantitative estimate of drug-likeness (QED) is 0.607. The zero-order valence-corrected chi connectivity index (χ0v) is 7.07. The molecule has 0 saturated carbocycles. The van der Waals surface area contributed by atoms with Gasteiger partial charge in [0.25, 0.3) is 0 Å². The summed E-state index contributed by atoms with van der Waals surface area (Å²) in [4.78, 5) is 0. The van der Waals surface area contributed by atoms with E-state index in [1.807, 2.05) is 0 Å². The molecule has 0 aromatic carbocycles. The first kappa shape index (κ1) is 8.96. The highest BCUT2D eigenvalue weighted by molar-refractivity contribution is 4.75. The van der Waals surface area contributed by atoms with Crippen LogP contribution in [0.2, 0.25) is 0 Å². The third kappa shape index (κ3) is 3.52. The lowest BCUT2D eigenvalue weighted by molar-refractivity contribution is 0.304. The maximum atomic E-state index is 5.86. The number of rotatable bonds is 2. The summed E-state index contributed by atoms with van der Waals surface area (Å²) in [7, 11) is 0. The fourth-order valence-corrected chi connectivity index (χ4v) is 0.744. The molecule has 0 aromatic heterocycles. The van der Waals surface area contributed by atoms with E-state index in [1.54, 1.807) is 0 Å². The van der Waals surface area contributed by atoms with E-state index in [0.29, 0.717) is 6.04 Å².